The number of amides is 3. The van der Waals surface area contributed by atoms with Gasteiger partial charge in [-0.25, -0.2) is 4.79 Å². The van der Waals surface area contributed by atoms with Crippen LogP contribution in [0.15, 0.2) is 30.3 Å². The summed E-state index contributed by atoms with van der Waals surface area (Å²) in [6.45, 7) is -0.0278. The highest BCUT2D eigenvalue weighted by Crippen LogP contribution is 2.35. The summed E-state index contributed by atoms with van der Waals surface area (Å²) >= 11 is 0. The highest BCUT2D eigenvalue weighted by atomic mass is 16.3. The third kappa shape index (κ3) is 2.02. The van der Waals surface area contributed by atoms with Crippen molar-refractivity contribution in [3.8, 4) is 0 Å². The first kappa shape index (κ1) is 12.4. The first-order valence-corrected chi connectivity index (χ1v) is 5.57. The molecule has 5 N–H and O–H groups in total. The molecule has 2 atom stereocenters. The zero-order chi connectivity index (χ0) is 13.3. The van der Waals surface area contributed by atoms with Crippen molar-refractivity contribution in [2.75, 3.05) is 6.54 Å². The summed E-state index contributed by atoms with van der Waals surface area (Å²) in [4.78, 5) is 23.7. The van der Waals surface area contributed by atoms with Gasteiger partial charge in [-0.1, -0.05) is 30.3 Å². The molecular weight excluding hydrogens is 234 g/mol. The Labute approximate surface area is 104 Å². The Morgan fingerprint density at radius 1 is 1.28 bits per heavy atom. The molecule has 1 aliphatic heterocycles. The van der Waals surface area contributed by atoms with Crippen LogP contribution in [0.25, 0.3) is 0 Å². The zero-order valence-electron chi connectivity index (χ0n) is 9.74. The van der Waals surface area contributed by atoms with Gasteiger partial charge in [0.15, 0.2) is 0 Å². The first-order valence-electron chi connectivity index (χ1n) is 5.57. The number of aliphatic hydroxyl groups is 1. The number of urea groups is 1. The van der Waals surface area contributed by atoms with Crippen molar-refractivity contribution < 1.29 is 14.7 Å². The minimum absolute atomic E-state index is 0.0278. The van der Waals surface area contributed by atoms with E-state index in [1.165, 1.54) is 0 Å². The van der Waals surface area contributed by atoms with Crippen LogP contribution >= 0.6 is 0 Å². The Bertz CT molecular complexity index is 453. The molecule has 2 rings (SSSR count). The molecule has 3 amide bonds. The quantitative estimate of drug-likeness (QED) is 0.658. The van der Waals surface area contributed by atoms with Crippen molar-refractivity contribution in [3.05, 3.63) is 35.9 Å². The predicted molar refractivity (Wildman–Crippen MR) is 64.2 cm³/mol. The Kier molecular flexibility index (Phi) is 2.96. The van der Waals surface area contributed by atoms with E-state index in [1.807, 2.05) is 6.07 Å². The summed E-state index contributed by atoms with van der Waals surface area (Å²) in [7, 11) is 0. The van der Waals surface area contributed by atoms with Crippen molar-refractivity contribution in [2.45, 2.75) is 18.1 Å². The third-order valence-electron chi connectivity index (χ3n) is 3.26. The van der Waals surface area contributed by atoms with E-state index in [9.17, 15) is 14.7 Å². The number of nitrogens with zero attached hydrogens (tertiary/aromatic N) is 1. The normalized spacial score (nSPS) is 27.2. The molecule has 1 aromatic rings. The van der Waals surface area contributed by atoms with Gasteiger partial charge < -0.3 is 21.5 Å². The van der Waals surface area contributed by atoms with Crippen LogP contribution in [-0.4, -0.2) is 34.5 Å². The molecule has 0 saturated carbocycles. The third-order valence-corrected chi connectivity index (χ3v) is 3.26. The number of β-amino-alcohol motifs (C(OH)–C–C–N with tert-alkyl or cyclic N) is 1. The fraction of sp³-hybridized carbons (Fsp3) is 0.333. The van der Waals surface area contributed by atoms with Gasteiger partial charge in [0, 0.05) is 6.42 Å². The van der Waals surface area contributed by atoms with E-state index >= 15 is 0 Å². The molecular formula is C12H15N3O3. The van der Waals surface area contributed by atoms with E-state index in [4.69, 9.17) is 11.5 Å². The van der Waals surface area contributed by atoms with Crippen molar-refractivity contribution in [1.29, 1.82) is 0 Å². The maximum Gasteiger partial charge on any atom is 0.315 e. The molecule has 1 saturated heterocycles. The fourth-order valence-corrected chi connectivity index (χ4v) is 2.33. The summed E-state index contributed by atoms with van der Waals surface area (Å²) < 4.78 is 0. The molecule has 2 unspecified atom stereocenters. The lowest BCUT2D eigenvalue weighted by Gasteiger charge is -2.23. The van der Waals surface area contributed by atoms with Crippen molar-refractivity contribution in [1.82, 2.24) is 4.90 Å². The first-order chi connectivity index (χ1) is 8.44. The minimum Gasteiger partial charge on any atom is -0.383 e. The van der Waals surface area contributed by atoms with Crippen molar-refractivity contribution in [3.63, 3.8) is 0 Å². The Morgan fingerprint density at radius 2 is 1.89 bits per heavy atom. The molecule has 96 valence electrons. The number of carbonyl (C=O) groups is 2. The van der Waals surface area contributed by atoms with Crippen LogP contribution < -0.4 is 11.5 Å². The van der Waals surface area contributed by atoms with Gasteiger partial charge in [0.1, 0.15) is 11.6 Å². The molecule has 1 heterocycles. The molecule has 18 heavy (non-hydrogen) atoms. The number of hydrogen-bond donors (Lipinski definition) is 3. The maximum absolute atomic E-state index is 11.3. The van der Waals surface area contributed by atoms with Gasteiger partial charge in [-0.15, -0.1) is 0 Å². The molecule has 6 heteroatoms. The largest absolute Gasteiger partial charge is 0.383 e. The van der Waals surface area contributed by atoms with Crippen LogP contribution in [0.1, 0.15) is 12.0 Å². The van der Waals surface area contributed by atoms with Gasteiger partial charge >= 0.3 is 6.03 Å². The van der Waals surface area contributed by atoms with Gasteiger partial charge in [0.25, 0.3) is 0 Å². The van der Waals surface area contributed by atoms with E-state index in [0.29, 0.717) is 5.56 Å². The summed E-state index contributed by atoms with van der Waals surface area (Å²) in [6, 6.07) is 7.22. The zero-order valence-corrected chi connectivity index (χ0v) is 9.74. The lowest BCUT2D eigenvalue weighted by molar-refractivity contribution is -0.121. The van der Waals surface area contributed by atoms with Gasteiger partial charge in [0.05, 0.1) is 6.54 Å². The number of rotatable bonds is 2. The van der Waals surface area contributed by atoms with Gasteiger partial charge in [-0.2, -0.15) is 0 Å². The topological polar surface area (TPSA) is 110 Å². The van der Waals surface area contributed by atoms with Crippen LogP contribution in [0.4, 0.5) is 4.79 Å². The molecule has 0 bridgehead atoms. The van der Waals surface area contributed by atoms with Crippen LogP contribution in [0.5, 0.6) is 0 Å². The highest BCUT2D eigenvalue weighted by Gasteiger charge is 2.47. The number of hydrogen-bond acceptors (Lipinski definition) is 3. The summed E-state index contributed by atoms with van der Waals surface area (Å²) in [6.07, 6.45) is 0.0648. The van der Waals surface area contributed by atoms with Gasteiger partial charge in [-0.05, 0) is 5.56 Å². The molecule has 0 aliphatic carbocycles. The van der Waals surface area contributed by atoms with E-state index in [-0.39, 0.29) is 13.0 Å². The van der Waals surface area contributed by atoms with Crippen molar-refractivity contribution >= 4 is 11.9 Å². The second kappa shape index (κ2) is 4.30. The van der Waals surface area contributed by atoms with Crippen LogP contribution in [-0.2, 0) is 10.4 Å². The van der Waals surface area contributed by atoms with E-state index < -0.39 is 23.6 Å². The summed E-state index contributed by atoms with van der Waals surface area (Å²) in [5.74, 6) is -0.666. The van der Waals surface area contributed by atoms with Crippen LogP contribution in [0.3, 0.4) is 0 Å². The Balaban J connectivity index is 2.33. The monoisotopic (exact) mass is 249 g/mol. The highest BCUT2D eigenvalue weighted by molar-refractivity contribution is 5.86. The lowest BCUT2D eigenvalue weighted by Crippen LogP contribution is -2.46. The Morgan fingerprint density at radius 3 is 2.33 bits per heavy atom. The minimum atomic E-state index is -1.28. The summed E-state index contributed by atoms with van der Waals surface area (Å²) in [5.41, 5.74) is 9.78. The number of nitrogens with two attached hydrogens (primary N) is 2. The van der Waals surface area contributed by atoms with E-state index in [2.05, 4.69) is 0 Å². The van der Waals surface area contributed by atoms with E-state index in [0.717, 1.165) is 4.90 Å². The van der Waals surface area contributed by atoms with E-state index in [1.54, 1.807) is 24.3 Å². The summed E-state index contributed by atoms with van der Waals surface area (Å²) in [5, 5.41) is 10.5. The van der Waals surface area contributed by atoms with Crippen LogP contribution in [0.2, 0.25) is 0 Å². The number of carbonyl (C=O) groups excluding carboxylic acids is 2. The smallest absolute Gasteiger partial charge is 0.315 e. The average molecular weight is 249 g/mol. The fourth-order valence-electron chi connectivity index (χ4n) is 2.33. The number of primary amides is 2. The Hall–Kier alpha value is -2.08. The second-order valence-electron chi connectivity index (χ2n) is 4.49. The van der Waals surface area contributed by atoms with Gasteiger partial charge in [0.2, 0.25) is 5.91 Å². The second-order valence-corrected chi connectivity index (χ2v) is 4.49. The average Bonchev–Trinajstić information content (AvgIpc) is 2.70. The van der Waals surface area contributed by atoms with Gasteiger partial charge in [-0.3, -0.25) is 4.79 Å². The van der Waals surface area contributed by atoms with Crippen molar-refractivity contribution in [2.24, 2.45) is 11.5 Å². The number of benzene rings is 1. The molecule has 0 aromatic heterocycles. The predicted octanol–water partition coefficient (Wildman–Crippen LogP) is -0.488. The lowest BCUT2D eigenvalue weighted by atomic mass is 9.91. The molecule has 6 nitrogen and oxygen atoms in total. The standard InChI is InChI=1S/C12H15N3O3/c13-10(16)9-6-12(18,7-15(9)11(14)17)8-4-2-1-3-5-8/h1-5,9,18H,6-7H2,(H2,13,16)(H2,14,17). The van der Waals surface area contributed by atoms with Crippen LogP contribution in [0, 0.1) is 0 Å². The molecule has 0 spiro atoms. The molecule has 1 aliphatic rings. The molecule has 1 aromatic carbocycles. The molecule has 1 fully saturated rings. The molecule has 0 radical (unpaired) electrons. The number of likely N-dealkylation sites (tertiary alicyclic amines) is 1. The maximum atomic E-state index is 11.3. The SMILES string of the molecule is NC(=O)C1CC(O)(c2ccccc2)CN1C(N)=O.